The maximum absolute atomic E-state index is 12.2. The molecule has 116 valence electrons. The van der Waals surface area contributed by atoms with Crippen LogP contribution in [0.25, 0.3) is 0 Å². The summed E-state index contributed by atoms with van der Waals surface area (Å²) in [4.78, 5) is 13.2. The fraction of sp³-hybridized carbons (Fsp3) is 0.188. The molecule has 1 N–H and O–H groups in total. The van der Waals surface area contributed by atoms with E-state index in [-0.39, 0.29) is 11.2 Å². The van der Waals surface area contributed by atoms with Crippen LogP contribution in [0.4, 0.5) is 5.69 Å². The van der Waals surface area contributed by atoms with E-state index < -0.39 is 0 Å². The minimum atomic E-state index is -0.264. The summed E-state index contributed by atoms with van der Waals surface area (Å²) >= 11 is 13.4. The summed E-state index contributed by atoms with van der Waals surface area (Å²) in [7, 11) is 1.62. The SMILES string of the molecule is COc1ccc(S[C@H](C)C(=O)Nc2ccc(Cl)cc2Cl)cc1. The summed E-state index contributed by atoms with van der Waals surface area (Å²) in [6.07, 6.45) is 0. The minimum absolute atomic E-state index is 0.120. The lowest BCUT2D eigenvalue weighted by molar-refractivity contribution is -0.115. The maximum atomic E-state index is 12.2. The average molecular weight is 356 g/mol. The highest BCUT2D eigenvalue weighted by atomic mass is 35.5. The van der Waals surface area contributed by atoms with Gasteiger partial charge in [0, 0.05) is 9.92 Å². The Morgan fingerprint density at radius 2 is 1.86 bits per heavy atom. The largest absolute Gasteiger partial charge is 0.497 e. The molecule has 1 atom stereocenters. The number of rotatable bonds is 5. The van der Waals surface area contributed by atoms with Crippen LogP contribution in [-0.4, -0.2) is 18.3 Å². The number of amides is 1. The fourth-order valence-electron chi connectivity index (χ4n) is 1.74. The number of carbonyl (C=O) groups excluding carboxylic acids is 1. The third kappa shape index (κ3) is 4.57. The van der Waals surface area contributed by atoms with Crippen LogP contribution in [-0.2, 0) is 4.79 Å². The van der Waals surface area contributed by atoms with Crippen LogP contribution in [0.3, 0.4) is 0 Å². The Kier molecular flexibility index (Phi) is 6.00. The predicted octanol–water partition coefficient (Wildman–Crippen LogP) is 5.12. The number of benzene rings is 2. The Hall–Kier alpha value is -1.36. The van der Waals surface area contributed by atoms with E-state index in [0.717, 1.165) is 10.6 Å². The van der Waals surface area contributed by atoms with Crippen molar-refractivity contribution in [2.75, 3.05) is 12.4 Å². The number of nitrogens with one attached hydrogen (secondary N) is 1. The summed E-state index contributed by atoms with van der Waals surface area (Å²) < 4.78 is 5.11. The molecule has 0 spiro atoms. The van der Waals surface area contributed by atoms with Crippen molar-refractivity contribution >= 4 is 46.6 Å². The number of halogens is 2. The zero-order chi connectivity index (χ0) is 16.1. The molecule has 0 unspecified atom stereocenters. The Morgan fingerprint density at radius 3 is 2.45 bits per heavy atom. The Labute approximate surface area is 144 Å². The smallest absolute Gasteiger partial charge is 0.237 e. The predicted molar refractivity (Wildman–Crippen MR) is 93.4 cm³/mol. The lowest BCUT2D eigenvalue weighted by Gasteiger charge is -2.13. The van der Waals surface area contributed by atoms with Crippen LogP contribution in [0.2, 0.25) is 10.0 Å². The molecule has 0 saturated heterocycles. The lowest BCUT2D eigenvalue weighted by Crippen LogP contribution is -2.22. The second-order valence-electron chi connectivity index (χ2n) is 4.55. The number of methoxy groups -OCH3 is 1. The van der Waals surface area contributed by atoms with E-state index in [1.165, 1.54) is 11.8 Å². The van der Waals surface area contributed by atoms with Crippen molar-refractivity contribution in [3.63, 3.8) is 0 Å². The highest BCUT2D eigenvalue weighted by Gasteiger charge is 2.16. The van der Waals surface area contributed by atoms with Gasteiger partial charge in [0.05, 0.1) is 23.1 Å². The van der Waals surface area contributed by atoms with Crippen LogP contribution < -0.4 is 10.1 Å². The van der Waals surface area contributed by atoms with Crippen LogP contribution in [0.1, 0.15) is 6.92 Å². The van der Waals surface area contributed by atoms with Crippen molar-refractivity contribution in [2.45, 2.75) is 17.1 Å². The Morgan fingerprint density at radius 1 is 1.18 bits per heavy atom. The van der Waals surface area contributed by atoms with E-state index in [1.807, 2.05) is 31.2 Å². The summed E-state index contributed by atoms with van der Waals surface area (Å²) in [5.74, 6) is 0.666. The summed E-state index contributed by atoms with van der Waals surface area (Å²) in [6.45, 7) is 1.84. The third-order valence-electron chi connectivity index (χ3n) is 2.93. The van der Waals surface area contributed by atoms with Crippen LogP contribution in [0.15, 0.2) is 47.4 Å². The highest BCUT2D eigenvalue weighted by molar-refractivity contribution is 8.00. The van der Waals surface area contributed by atoms with E-state index in [4.69, 9.17) is 27.9 Å². The Balaban J connectivity index is 1.99. The van der Waals surface area contributed by atoms with E-state index in [9.17, 15) is 4.79 Å². The molecule has 1 amide bonds. The molecule has 3 nitrogen and oxygen atoms in total. The summed E-state index contributed by atoms with van der Waals surface area (Å²) in [5.41, 5.74) is 0.554. The molecule has 0 saturated carbocycles. The molecule has 0 heterocycles. The monoisotopic (exact) mass is 355 g/mol. The van der Waals surface area contributed by atoms with Crippen molar-refractivity contribution in [3.8, 4) is 5.75 Å². The third-order valence-corrected chi connectivity index (χ3v) is 4.59. The van der Waals surface area contributed by atoms with Gasteiger partial charge in [0.25, 0.3) is 0 Å². The molecule has 2 rings (SSSR count). The maximum Gasteiger partial charge on any atom is 0.237 e. The quantitative estimate of drug-likeness (QED) is 0.756. The topological polar surface area (TPSA) is 38.3 Å². The number of thioether (sulfide) groups is 1. The van der Waals surface area contributed by atoms with Gasteiger partial charge in [-0.15, -0.1) is 11.8 Å². The van der Waals surface area contributed by atoms with Crippen LogP contribution in [0.5, 0.6) is 5.75 Å². The number of hydrogen-bond acceptors (Lipinski definition) is 3. The average Bonchev–Trinajstić information content (AvgIpc) is 2.50. The highest BCUT2D eigenvalue weighted by Crippen LogP contribution is 2.28. The van der Waals surface area contributed by atoms with Gasteiger partial charge in [-0.25, -0.2) is 0 Å². The number of hydrogen-bond donors (Lipinski definition) is 1. The van der Waals surface area contributed by atoms with Crippen molar-refractivity contribution in [3.05, 3.63) is 52.5 Å². The van der Waals surface area contributed by atoms with Crippen molar-refractivity contribution in [2.24, 2.45) is 0 Å². The van der Waals surface area contributed by atoms with Gasteiger partial charge in [-0.1, -0.05) is 23.2 Å². The van der Waals surface area contributed by atoms with E-state index in [0.29, 0.717) is 15.7 Å². The van der Waals surface area contributed by atoms with Gasteiger partial charge in [0.15, 0.2) is 0 Å². The molecule has 0 aliphatic rings. The number of ether oxygens (including phenoxy) is 1. The normalized spacial score (nSPS) is 11.8. The van der Waals surface area contributed by atoms with Gasteiger partial charge in [-0.3, -0.25) is 4.79 Å². The first-order valence-corrected chi connectivity index (χ1v) is 8.20. The lowest BCUT2D eigenvalue weighted by atomic mass is 10.3. The van der Waals surface area contributed by atoms with Gasteiger partial charge in [-0.05, 0) is 49.4 Å². The molecule has 22 heavy (non-hydrogen) atoms. The molecular weight excluding hydrogens is 341 g/mol. The molecule has 0 aliphatic carbocycles. The summed E-state index contributed by atoms with van der Waals surface area (Å²) in [6, 6.07) is 12.5. The molecular formula is C16H15Cl2NO2S. The molecule has 0 aromatic heterocycles. The molecule has 0 aliphatic heterocycles. The fourth-order valence-corrected chi connectivity index (χ4v) is 3.06. The molecule has 0 radical (unpaired) electrons. The first kappa shape index (κ1) is 17.0. The second kappa shape index (κ2) is 7.77. The van der Waals surface area contributed by atoms with Gasteiger partial charge >= 0.3 is 0 Å². The van der Waals surface area contributed by atoms with Gasteiger partial charge in [0.1, 0.15) is 5.75 Å². The van der Waals surface area contributed by atoms with E-state index >= 15 is 0 Å². The zero-order valence-electron chi connectivity index (χ0n) is 12.1. The molecule has 2 aromatic carbocycles. The van der Waals surface area contributed by atoms with Gasteiger partial charge in [-0.2, -0.15) is 0 Å². The van der Waals surface area contributed by atoms with Crippen molar-refractivity contribution in [1.82, 2.24) is 0 Å². The second-order valence-corrected chi connectivity index (χ2v) is 6.81. The van der Waals surface area contributed by atoms with Crippen molar-refractivity contribution in [1.29, 1.82) is 0 Å². The Bertz CT molecular complexity index is 662. The molecule has 0 bridgehead atoms. The zero-order valence-corrected chi connectivity index (χ0v) is 14.4. The first-order chi connectivity index (χ1) is 10.5. The van der Waals surface area contributed by atoms with Crippen molar-refractivity contribution < 1.29 is 9.53 Å². The first-order valence-electron chi connectivity index (χ1n) is 6.56. The number of anilines is 1. The molecule has 0 fully saturated rings. The standard InChI is InChI=1S/C16H15Cl2NO2S/c1-10(22-13-6-4-12(21-2)5-7-13)16(20)19-15-8-3-11(17)9-14(15)18/h3-10H,1-2H3,(H,19,20)/t10-/m1/s1. The van der Waals surface area contributed by atoms with Crippen LogP contribution >= 0.6 is 35.0 Å². The van der Waals surface area contributed by atoms with Crippen LogP contribution in [0, 0.1) is 0 Å². The molecule has 6 heteroatoms. The number of carbonyl (C=O) groups is 1. The van der Waals surface area contributed by atoms with E-state index in [1.54, 1.807) is 25.3 Å². The summed E-state index contributed by atoms with van der Waals surface area (Å²) in [5, 5.41) is 3.49. The van der Waals surface area contributed by atoms with Gasteiger partial charge in [0.2, 0.25) is 5.91 Å². The van der Waals surface area contributed by atoms with E-state index in [2.05, 4.69) is 5.32 Å². The minimum Gasteiger partial charge on any atom is -0.497 e. The molecule has 2 aromatic rings. The van der Waals surface area contributed by atoms with Gasteiger partial charge < -0.3 is 10.1 Å².